The third-order valence-electron chi connectivity index (χ3n) is 6.31. The Bertz CT molecular complexity index is 1450. The van der Waals surface area contributed by atoms with E-state index in [0.717, 1.165) is 34.2 Å². The molecule has 0 fully saturated rings. The standard InChI is InChI=1S/C30H30N6/c1-18(31)14-19(2)32-22(5)23-16-26(30-33-20(3)15-21(4)34-30)35-29(17-23)36-27-12-8-6-10-24(27)25-11-7-9-13-28(25)36/h6-17,24,27H,5,31H2,1-4H3/b18-14-,32-19?. The topological polar surface area (TPSA) is 80.3 Å². The average Bonchev–Trinajstić information content (AvgIpc) is 3.17. The van der Waals surface area contributed by atoms with Crippen LogP contribution in [0.5, 0.6) is 0 Å². The number of nitrogens with zero attached hydrogens (tertiary/aromatic N) is 5. The minimum absolute atomic E-state index is 0.129. The molecule has 5 rings (SSSR count). The zero-order valence-corrected chi connectivity index (χ0v) is 21.1. The molecule has 0 saturated heterocycles. The number of aromatic nitrogens is 3. The summed E-state index contributed by atoms with van der Waals surface area (Å²) in [6.07, 6.45) is 10.5. The molecule has 0 bridgehead atoms. The first-order valence-electron chi connectivity index (χ1n) is 12.1. The summed E-state index contributed by atoms with van der Waals surface area (Å²) in [5.41, 5.74) is 13.7. The van der Waals surface area contributed by atoms with Gasteiger partial charge in [-0.1, -0.05) is 49.1 Å². The Kier molecular flexibility index (Phi) is 6.10. The quantitative estimate of drug-likeness (QED) is 0.447. The van der Waals surface area contributed by atoms with E-state index in [1.54, 1.807) is 0 Å². The fourth-order valence-electron chi connectivity index (χ4n) is 4.96. The van der Waals surface area contributed by atoms with Crippen LogP contribution in [0.4, 0.5) is 11.5 Å². The Morgan fingerprint density at radius 2 is 1.72 bits per heavy atom. The Balaban J connectivity index is 1.69. The number of aliphatic imine (C=N–C) groups is 1. The SMILES string of the molecule is C=C(N=C(C)/C=C(/C)N)c1cc(-c2nc(C)cc(C)n2)nc(N2c3ccccc3C3C=CC=CC32)c1. The lowest BCUT2D eigenvalue weighted by atomic mass is 9.91. The first-order chi connectivity index (χ1) is 17.3. The fraction of sp³-hybridized carbons (Fsp3) is 0.200. The van der Waals surface area contributed by atoms with Crippen molar-refractivity contribution in [3.63, 3.8) is 0 Å². The van der Waals surface area contributed by atoms with Crippen LogP contribution in [0.25, 0.3) is 17.2 Å². The van der Waals surface area contributed by atoms with Crippen molar-refractivity contribution in [2.45, 2.75) is 39.7 Å². The molecule has 2 aliphatic rings. The minimum Gasteiger partial charge on any atom is -0.402 e. The molecule has 2 unspecified atom stereocenters. The third kappa shape index (κ3) is 4.50. The van der Waals surface area contributed by atoms with Gasteiger partial charge in [-0.05, 0) is 63.6 Å². The van der Waals surface area contributed by atoms with Crippen molar-refractivity contribution in [2.24, 2.45) is 10.7 Å². The van der Waals surface area contributed by atoms with Crippen molar-refractivity contribution in [3.8, 4) is 11.5 Å². The number of benzene rings is 1. The van der Waals surface area contributed by atoms with Crippen molar-refractivity contribution >= 4 is 22.9 Å². The summed E-state index contributed by atoms with van der Waals surface area (Å²) in [6.45, 7) is 12.0. The zero-order valence-electron chi connectivity index (χ0n) is 21.1. The van der Waals surface area contributed by atoms with Crippen LogP contribution in [0.2, 0.25) is 0 Å². The maximum absolute atomic E-state index is 5.86. The van der Waals surface area contributed by atoms with E-state index in [2.05, 4.69) is 76.1 Å². The lowest BCUT2D eigenvalue weighted by molar-refractivity contribution is 0.738. The van der Waals surface area contributed by atoms with Gasteiger partial charge in [0.05, 0.1) is 11.7 Å². The summed E-state index contributed by atoms with van der Waals surface area (Å²) in [6, 6.07) is 14.6. The number of hydrogen-bond acceptors (Lipinski definition) is 6. The van der Waals surface area contributed by atoms with Gasteiger partial charge < -0.3 is 10.6 Å². The molecule has 0 radical (unpaired) electrons. The first kappa shape index (κ1) is 23.4. The highest BCUT2D eigenvalue weighted by atomic mass is 15.2. The normalized spacial score (nSPS) is 18.8. The molecule has 1 aliphatic heterocycles. The van der Waals surface area contributed by atoms with E-state index in [4.69, 9.17) is 15.7 Å². The van der Waals surface area contributed by atoms with E-state index in [0.29, 0.717) is 22.9 Å². The number of anilines is 2. The van der Waals surface area contributed by atoms with Gasteiger partial charge in [-0.25, -0.2) is 15.0 Å². The van der Waals surface area contributed by atoms with Gasteiger partial charge in [0.2, 0.25) is 0 Å². The number of allylic oxidation sites excluding steroid dienone is 4. The average molecular weight is 475 g/mol. The van der Waals surface area contributed by atoms with Crippen LogP contribution in [0.1, 0.15) is 42.3 Å². The maximum atomic E-state index is 5.86. The highest BCUT2D eigenvalue weighted by molar-refractivity contribution is 5.97. The second-order valence-electron chi connectivity index (χ2n) is 9.38. The molecular formula is C30H30N6. The van der Waals surface area contributed by atoms with Gasteiger partial charge in [-0.2, -0.15) is 0 Å². The molecule has 1 aromatic carbocycles. The van der Waals surface area contributed by atoms with Crippen LogP contribution in [0, 0.1) is 13.8 Å². The van der Waals surface area contributed by atoms with Crippen molar-refractivity contribution in [2.75, 3.05) is 4.90 Å². The molecule has 6 nitrogen and oxygen atoms in total. The summed E-state index contributed by atoms with van der Waals surface area (Å²) in [5.74, 6) is 1.66. The monoisotopic (exact) mass is 474 g/mol. The van der Waals surface area contributed by atoms with Crippen LogP contribution in [0.15, 0.2) is 90.1 Å². The second-order valence-corrected chi connectivity index (χ2v) is 9.38. The predicted octanol–water partition coefficient (Wildman–Crippen LogP) is 6.18. The second kappa shape index (κ2) is 9.38. The molecule has 0 amide bonds. The largest absolute Gasteiger partial charge is 0.402 e. The fourth-order valence-corrected chi connectivity index (χ4v) is 4.96. The van der Waals surface area contributed by atoms with E-state index in [-0.39, 0.29) is 12.0 Å². The molecule has 2 aromatic heterocycles. The van der Waals surface area contributed by atoms with E-state index in [9.17, 15) is 0 Å². The van der Waals surface area contributed by atoms with Crippen LogP contribution in [-0.4, -0.2) is 26.7 Å². The summed E-state index contributed by atoms with van der Waals surface area (Å²) in [7, 11) is 0. The molecule has 2 atom stereocenters. The highest BCUT2D eigenvalue weighted by Crippen LogP contribution is 2.47. The number of para-hydroxylation sites is 1. The first-order valence-corrected chi connectivity index (χ1v) is 12.1. The highest BCUT2D eigenvalue weighted by Gasteiger charge is 2.38. The Hall–Kier alpha value is -4.32. The van der Waals surface area contributed by atoms with E-state index < -0.39 is 0 Å². The van der Waals surface area contributed by atoms with Crippen molar-refractivity contribution < 1.29 is 0 Å². The van der Waals surface area contributed by atoms with Gasteiger partial charge in [0.25, 0.3) is 0 Å². The number of rotatable bonds is 5. The summed E-state index contributed by atoms with van der Waals surface area (Å²) in [4.78, 5) is 21.5. The third-order valence-corrected chi connectivity index (χ3v) is 6.31. The van der Waals surface area contributed by atoms with Crippen LogP contribution in [-0.2, 0) is 0 Å². The number of hydrogen-bond donors (Lipinski definition) is 1. The molecule has 3 heterocycles. The zero-order chi connectivity index (χ0) is 25.4. The molecule has 36 heavy (non-hydrogen) atoms. The lowest BCUT2D eigenvalue weighted by Crippen LogP contribution is -2.29. The van der Waals surface area contributed by atoms with E-state index in [1.165, 1.54) is 5.56 Å². The van der Waals surface area contributed by atoms with E-state index in [1.807, 2.05) is 45.9 Å². The minimum atomic E-state index is 0.129. The Morgan fingerprint density at radius 1 is 1.00 bits per heavy atom. The van der Waals surface area contributed by atoms with Gasteiger partial charge in [0.1, 0.15) is 11.5 Å². The van der Waals surface area contributed by atoms with E-state index >= 15 is 0 Å². The number of aryl methyl sites for hydroxylation is 2. The molecule has 0 spiro atoms. The van der Waals surface area contributed by atoms with Crippen molar-refractivity contribution in [1.29, 1.82) is 0 Å². The van der Waals surface area contributed by atoms with Crippen molar-refractivity contribution in [3.05, 3.63) is 108 Å². The molecule has 2 N–H and O–H groups in total. The number of pyridine rings is 1. The summed E-state index contributed by atoms with van der Waals surface area (Å²) in [5, 5.41) is 0. The van der Waals surface area contributed by atoms with Gasteiger partial charge in [-0.3, -0.25) is 4.99 Å². The van der Waals surface area contributed by atoms with Gasteiger partial charge >= 0.3 is 0 Å². The molecule has 0 saturated carbocycles. The predicted molar refractivity (Wildman–Crippen MR) is 148 cm³/mol. The molecule has 3 aromatic rings. The van der Waals surface area contributed by atoms with Crippen LogP contribution in [0.3, 0.4) is 0 Å². The Labute approximate surface area is 212 Å². The number of nitrogens with two attached hydrogens (primary N) is 1. The van der Waals surface area contributed by atoms with Crippen LogP contribution < -0.4 is 10.6 Å². The van der Waals surface area contributed by atoms with Gasteiger partial charge in [0.15, 0.2) is 5.82 Å². The molecule has 1 aliphatic carbocycles. The van der Waals surface area contributed by atoms with Gasteiger partial charge in [-0.15, -0.1) is 0 Å². The molecule has 180 valence electrons. The maximum Gasteiger partial charge on any atom is 0.178 e. The van der Waals surface area contributed by atoms with Crippen LogP contribution >= 0.6 is 0 Å². The number of fused-ring (bicyclic) bond motifs is 3. The Morgan fingerprint density at radius 3 is 2.47 bits per heavy atom. The molecular weight excluding hydrogens is 444 g/mol. The van der Waals surface area contributed by atoms with Gasteiger partial charge in [0, 0.05) is 40.0 Å². The summed E-state index contributed by atoms with van der Waals surface area (Å²) >= 11 is 0. The molecule has 6 heteroatoms. The summed E-state index contributed by atoms with van der Waals surface area (Å²) < 4.78 is 0. The lowest BCUT2D eigenvalue weighted by Gasteiger charge is -2.28. The smallest absolute Gasteiger partial charge is 0.178 e. The van der Waals surface area contributed by atoms with Crippen molar-refractivity contribution in [1.82, 2.24) is 15.0 Å².